The molecule has 1 amide bonds. The van der Waals surface area contributed by atoms with Gasteiger partial charge in [0.15, 0.2) is 0 Å². The second-order valence-electron chi connectivity index (χ2n) is 3.86. The minimum atomic E-state index is -0.617. The number of amides is 1. The molecule has 0 aliphatic rings. The Balaban J connectivity index is 2.64. The molecule has 94 valence electrons. The van der Waals surface area contributed by atoms with Crippen LogP contribution in [0.3, 0.4) is 0 Å². The molecule has 1 unspecified atom stereocenters. The molecule has 0 saturated heterocycles. The fourth-order valence-corrected chi connectivity index (χ4v) is 1.55. The van der Waals surface area contributed by atoms with Gasteiger partial charge in [-0.2, -0.15) is 0 Å². The summed E-state index contributed by atoms with van der Waals surface area (Å²) in [5, 5.41) is 2.80. The summed E-state index contributed by atoms with van der Waals surface area (Å²) in [4.78, 5) is 11.6. The van der Waals surface area contributed by atoms with Crippen LogP contribution in [0.2, 0.25) is 5.02 Å². The van der Waals surface area contributed by atoms with Crippen LogP contribution in [0, 0.1) is 5.82 Å². The summed E-state index contributed by atoms with van der Waals surface area (Å²) in [6.45, 7) is 2.02. The lowest BCUT2D eigenvalue weighted by molar-refractivity contribution is -0.117. The van der Waals surface area contributed by atoms with E-state index >= 15 is 0 Å². The van der Waals surface area contributed by atoms with Gasteiger partial charge < -0.3 is 11.1 Å². The number of halogens is 2. The van der Waals surface area contributed by atoms with E-state index in [9.17, 15) is 9.18 Å². The van der Waals surface area contributed by atoms with Gasteiger partial charge in [0, 0.05) is 5.02 Å². The molecule has 1 aromatic carbocycles. The average Bonchev–Trinajstić information content (AvgIpc) is 2.30. The number of rotatable bonds is 5. The van der Waals surface area contributed by atoms with Crippen molar-refractivity contribution in [3.63, 3.8) is 0 Å². The van der Waals surface area contributed by atoms with Crippen molar-refractivity contribution >= 4 is 23.2 Å². The van der Waals surface area contributed by atoms with Gasteiger partial charge in [-0.15, -0.1) is 0 Å². The Bertz CT molecular complexity index is 398. The summed E-state index contributed by atoms with van der Waals surface area (Å²) in [6.07, 6.45) is 2.42. The molecule has 17 heavy (non-hydrogen) atoms. The zero-order valence-corrected chi connectivity index (χ0v) is 10.4. The molecule has 0 saturated carbocycles. The highest BCUT2D eigenvalue weighted by molar-refractivity contribution is 6.30. The monoisotopic (exact) mass is 258 g/mol. The predicted octanol–water partition coefficient (Wildman–Crippen LogP) is 2.94. The molecule has 0 bridgehead atoms. The van der Waals surface area contributed by atoms with Gasteiger partial charge in [-0.3, -0.25) is 4.79 Å². The first-order valence-electron chi connectivity index (χ1n) is 5.56. The van der Waals surface area contributed by atoms with Gasteiger partial charge in [-0.25, -0.2) is 4.39 Å². The Hall–Kier alpha value is -1.13. The van der Waals surface area contributed by atoms with E-state index in [1.54, 1.807) is 0 Å². The van der Waals surface area contributed by atoms with Gasteiger partial charge in [0.05, 0.1) is 11.7 Å². The summed E-state index contributed by atoms with van der Waals surface area (Å²) in [7, 11) is 0. The van der Waals surface area contributed by atoms with Crippen LogP contribution in [-0.2, 0) is 4.79 Å². The zero-order chi connectivity index (χ0) is 12.8. The van der Waals surface area contributed by atoms with E-state index in [1.807, 2.05) is 6.92 Å². The first kappa shape index (κ1) is 13.9. The van der Waals surface area contributed by atoms with Crippen molar-refractivity contribution in [3.8, 4) is 0 Å². The number of hydrogen-bond donors (Lipinski definition) is 2. The van der Waals surface area contributed by atoms with Crippen molar-refractivity contribution in [2.45, 2.75) is 32.2 Å². The van der Waals surface area contributed by atoms with Crippen LogP contribution in [0.5, 0.6) is 0 Å². The van der Waals surface area contributed by atoms with Crippen LogP contribution in [0.1, 0.15) is 26.2 Å². The molecule has 1 atom stereocenters. The lowest BCUT2D eigenvalue weighted by Crippen LogP contribution is -2.35. The van der Waals surface area contributed by atoms with E-state index in [1.165, 1.54) is 18.2 Å². The quantitative estimate of drug-likeness (QED) is 0.853. The van der Waals surface area contributed by atoms with E-state index in [2.05, 4.69) is 5.32 Å². The summed E-state index contributed by atoms with van der Waals surface area (Å²) in [5.41, 5.74) is 5.74. The number of nitrogens with one attached hydrogen (secondary N) is 1. The fourth-order valence-electron chi connectivity index (χ4n) is 1.37. The summed E-state index contributed by atoms with van der Waals surface area (Å²) < 4.78 is 13.3. The molecule has 0 aliphatic heterocycles. The highest BCUT2D eigenvalue weighted by atomic mass is 35.5. The van der Waals surface area contributed by atoms with E-state index in [-0.39, 0.29) is 11.6 Å². The molecule has 3 nitrogen and oxygen atoms in total. The van der Waals surface area contributed by atoms with Crippen LogP contribution >= 0.6 is 11.6 Å². The Morgan fingerprint density at radius 1 is 1.59 bits per heavy atom. The lowest BCUT2D eigenvalue weighted by Gasteiger charge is -2.12. The number of anilines is 1. The number of carbonyl (C=O) groups excluding carboxylic acids is 1. The summed E-state index contributed by atoms with van der Waals surface area (Å²) in [5.74, 6) is -0.912. The molecule has 0 radical (unpaired) electrons. The smallest absolute Gasteiger partial charge is 0.241 e. The van der Waals surface area contributed by atoms with Crippen LogP contribution in [0.25, 0.3) is 0 Å². The maximum atomic E-state index is 13.3. The highest BCUT2D eigenvalue weighted by Gasteiger charge is 2.14. The third kappa shape index (κ3) is 4.32. The molecule has 5 heteroatoms. The second-order valence-corrected chi connectivity index (χ2v) is 4.30. The summed E-state index contributed by atoms with van der Waals surface area (Å²) in [6, 6.07) is 3.37. The normalized spacial score (nSPS) is 12.2. The van der Waals surface area contributed by atoms with Crippen LogP contribution in [-0.4, -0.2) is 11.9 Å². The number of nitrogens with two attached hydrogens (primary N) is 1. The third-order valence-electron chi connectivity index (χ3n) is 2.39. The van der Waals surface area contributed by atoms with Crippen LogP contribution in [0.15, 0.2) is 18.2 Å². The largest absolute Gasteiger partial charge is 0.322 e. The van der Waals surface area contributed by atoms with Crippen molar-refractivity contribution in [2.75, 3.05) is 5.32 Å². The van der Waals surface area contributed by atoms with E-state index < -0.39 is 11.9 Å². The Morgan fingerprint density at radius 2 is 2.29 bits per heavy atom. The number of benzene rings is 1. The Labute approximate surface area is 105 Å². The summed E-state index contributed by atoms with van der Waals surface area (Å²) >= 11 is 5.71. The van der Waals surface area contributed by atoms with E-state index in [4.69, 9.17) is 17.3 Å². The van der Waals surface area contributed by atoms with Crippen molar-refractivity contribution in [3.05, 3.63) is 29.0 Å². The SMILES string of the molecule is CCCCC(N)C(=O)Nc1cc(Cl)ccc1F. The van der Waals surface area contributed by atoms with Crippen LogP contribution in [0.4, 0.5) is 10.1 Å². The Kier molecular flexibility index (Phi) is 5.38. The van der Waals surface area contributed by atoms with Gasteiger partial charge >= 0.3 is 0 Å². The molecule has 1 rings (SSSR count). The number of carbonyl (C=O) groups is 1. The standard InChI is InChI=1S/C12H16ClFN2O/c1-2-3-4-10(15)12(17)16-11-7-8(13)5-6-9(11)14/h5-7,10H,2-4,15H2,1H3,(H,16,17). The minimum absolute atomic E-state index is 0.0643. The van der Waals surface area contributed by atoms with Gasteiger partial charge in [0.25, 0.3) is 0 Å². The molecular weight excluding hydrogens is 243 g/mol. The fraction of sp³-hybridized carbons (Fsp3) is 0.417. The molecule has 3 N–H and O–H groups in total. The van der Waals surface area contributed by atoms with Gasteiger partial charge in [-0.05, 0) is 24.6 Å². The molecule has 1 aromatic rings. The molecule has 0 spiro atoms. The first-order valence-corrected chi connectivity index (χ1v) is 5.94. The van der Waals surface area contributed by atoms with Crippen LogP contribution < -0.4 is 11.1 Å². The van der Waals surface area contributed by atoms with Crippen molar-refractivity contribution in [2.24, 2.45) is 5.73 Å². The topological polar surface area (TPSA) is 55.1 Å². The van der Waals surface area contributed by atoms with E-state index in [0.29, 0.717) is 11.4 Å². The predicted molar refractivity (Wildman–Crippen MR) is 67.5 cm³/mol. The molecular formula is C12H16ClFN2O. The zero-order valence-electron chi connectivity index (χ0n) is 9.67. The molecule has 0 heterocycles. The van der Waals surface area contributed by atoms with Gasteiger partial charge in [-0.1, -0.05) is 31.4 Å². The van der Waals surface area contributed by atoms with E-state index in [0.717, 1.165) is 12.8 Å². The lowest BCUT2D eigenvalue weighted by atomic mass is 10.1. The minimum Gasteiger partial charge on any atom is -0.322 e. The van der Waals surface area contributed by atoms with Gasteiger partial charge in [0.1, 0.15) is 5.82 Å². The Morgan fingerprint density at radius 3 is 2.94 bits per heavy atom. The first-order chi connectivity index (χ1) is 8.04. The number of hydrogen-bond acceptors (Lipinski definition) is 2. The molecule has 0 aliphatic carbocycles. The van der Waals surface area contributed by atoms with Gasteiger partial charge in [0.2, 0.25) is 5.91 Å². The van der Waals surface area contributed by atoms with Crippen molar-refractivity contribution < 1.29 is 9.18 Å². The van der Waals surface area contributed by atoms with Crippen molar-refractivity contribution in [1.29, 1.82) is 0 Å². The molecule has 0 aromatic heterocycles. The van der Waals surface area contributed by atoms with Crippen molar-refractivity contribution in [1.82, 2.24) is 0 Å². The third-order valence-corrected chi connectivity index (χ3v) is 2.63. The molecule has 0 fully saturated rings. The number of unbranched alkanes of at least 4 members (excludes halogenated alkanes) is 1. The second kappa shape index (κ2) is 6.57. The highest BCUT2D eigenvalue weighted by Crippen LogP contribution is 2.19. The average molecular weight is 259 g/mol. The maximum Gasteiger partial charge on any atom is 0.241 e. The maximum absolute atomic E-state index is 13.3.